The Kier molecular flexibility index (Phi) is 5.97. The fourth-order valence-electron chi connectivity index (χ4n) is 3.71. The second-order valence-corrected chi connectivity index (χ2v) is 6.99. The average Bonchev–Trinajstić information content (AvgIpc) is 2.72. The molecule has 1 fully saturated rings. The monoisotopic (exact) mass is 385 g/mol. The summed E-state index contributed by atoms with van der Waals surface area (Å²) in [6.45, 7) is 2.43. The summed E-state index contributed by atoms with van der Waals surface area (Å²) >= 11 is 0. The van der Waals surface area contributed by atoms with Crippen molar-refractivity contribution in [1.82, 2.24) is 4.90 Å². The Hall–Kier alpha value is -2.89. The molecule has 0 N–H and O–H groups in total. The number of likely N-dealkylation sites (tertiary alicyclic amines) is 1. The number of piperidine rings is 1. The molecule has 3 rings (SSSR count). The number of esters is 1. The van der Waals surface area contributed by atoms with Crippen LogP contribution >= 0.6 is 0 Å². The van der Waals surface area contributed by atoms with Crippen LogP contribution in [0.15, 0.2) is 48.5 Å². The minimum Gasteiger partial charge on any atom is -0.496 e. The van der Waals surface area contributed by atoms with Crippen LogP contribution in [0.3, 0.4) is 0 Å². The Morgan fingerprint density at radius 3 is 2.39 bits per heavy atom. The number of carbonyl (C=O) groups is 2. The van der Waals surface area contributed by atoms with E-state index in [0.717, 1.165) is 5.56 Å². The van der Waals surface area contributed by atoms with Crippen molar-refractivity contribution in [2.45, 2.75) is 31.8 Å². The van der Waals surface area contributed by atoms with E-state index >= 15 is 0 Å². The maximum Gasteiger partial charge on any atom is 0.317 e. The van der Waals surface area contributed by atoms with Crippen molar-refractivity contribution in [2.75, 3.05) is 20.2 Å². The molecule has 1 saturated heterocycles. The Morgan fingerprint density at radius 1 is 1.11 bits per heavy atom. The summed E-state index contributed by atoms with van der Waals surface area (Å²) in [4.78, 5) is 26.6. The quantitative estimate of drug-likeness (QED) is 0.740. The molecule has 0 aromatic heterocycles. The first-order valence-electron chi connectivity index (χ1n) is 9.27. The zero-order valence-corrected chi connectivity index (χ0v) is 16.1. The van der Waals surface area contributed by atoms with Gasteiger partial charge in [0.2, 0.25) is 5.91 Å². The van der Waals surface area contributed by atoms with Gasteiger partial charge >= 0.3 is 5.97 Å². The normalized spacial score (nSPS) is 15.8. The Balaban J connectivity index is 1.82. The van der Waals surface area contributed by atoms with E-state index in [1.807, 2.05) is 30.3 Å². The van der Waals surface area contributed by atoms with Crippen molar-refractivity contribution >= 4 is 11.9 Å². The first kappa shape index (κ1) is 19.9. The number of nitrogens with zero attached hydrogens (tertiary/aromatic N) is 1. The van der Waals surface area contributed by atoms with Gasteiger partial charge in [-0.05, 0) is 36.6 Å². The van der Waals surface area contributed by atoms with Gasteiger partial charge in [0.1, 0.15) is 18.2 Å². The summed E-state index contributed by atoms with van der Waals surface area (Å²) < 4.78 is 24.4. The van der Waals surface area contributed by atoms with E-state index in [2.05, 4.69) is 0 Å². The van der Waals surface area contributed by atoms with E-state index in [1.165, 1.54) is 32.2 Å². The molecule has 1 aliphatic rings. The predicted molar refractivity (Wildman–Crippen MR) is 102 cm³/mol. The van der Waals surface area contributed by atoms with Crippen LogP contribution in [0.25, 0.3) is 0 Å². The number of ether oxygens (including phenoxy) is 2. The summed E-state index contributed by atoms with van der Waals surface area (Å²) in [5.41, 5.74) is 0.517. The van der Waals surface area contributed by atoms with Gasteiger partial charge in [0.05, 0.1) is 12.5 Å². The minimum absolute atomic E-state index is 0.000439. The number of carbonyl (C=O) groups excluding carboxylic acids is 2. The fraction of sp³-hybridized carbons (Fsp3) is 0.364. The van der Waals surface area contributed by atoms with Gasteiger partial charge in [0.15, 0.2) is 0 Å². The number of hydrogen-bond donors (Lipinski definition) is 0. The van der Waals surface area contributed by atoms with Crippen LogP contribution in [0.4, 0.5) is 4.39 Å². The smallest absolute Gasteiger partial charge is 0.317 e. The van der Waals surface area contributed by atoms with Crippen LogP contribution in [0.5, 0.6) is 5.75 Å². The highest BCUT2D eigenvalue weighted by atomic mass is 19.1. The van der Waals surface area contributed by atoms with Gasteiger partial charge in [0, 0.05) is 25.6 Å². The molecule has 2 aromatic rings. The maximum absolute atomic E-state index is 13.6. The molecule has 1 amide bonds. The lowest BCUT2D eigenvalue weighted by Crippen LogP contribution is -2.49. The van der Waals surface area contributed by atoms with Crippen molar-refractivity contribution in [3.8, 4) is 5.75 Å². The van der Waals surface area contributed by atoms with E-state index in [-0.39, 0.29) is 18.5 Å². The third kappa shape index (κ3) is 4.01. The summed E-state index contributed by atoms with van der Waals surface area (Å²) in [7, 11) is 1.49. The molecule has 0 atom stereocenters. The summed E-state index contributed by atoms with van der Waals surface area (Å²) in [6, 6.07) is 13.6. The zero-order chi connectivity index (χ0) is 20.1. The van der Waals surface area contributed by atoms with Gasteiger partial charge in [-0.15, -0.1) is 0 Å². The van der Waals surface area contributed by atoms with Gasteiger partial charge in [-0.3, -0.25) is 9.59 Å². The highest BCUT2D eigenvalue weighted by Crippen LogP contribution is 2.37. The number of hydrogen-bond acceptors (Lipinski definition) is 4. The van der Waals surface area contributed by atoms with Crippen molar-refractivity contribution in [1.29, 1.82) is 0 Å². The van der Waals surface area contributed by atoms with E-state index in [9.17, 15) is 14.0 Å². The lowest BCUT2D eigenvalue weighted by Gasteiger charge is -2.40. The molecular weight excluding hydrogens is 361 g/mol. The number of benzene rings is 2. The molecule has 1 aliphatic heterocycles. The van der Waals surface area contributed by atoms with Crippen LogP contribution in [0.2, 0.25) is 0 Å². The SMILES string of the molecule is COc1ccc(F)cc1COC(=O)C1(c2ccccc2)CCN(C(C)=O)CC1. The molecule has 148 valence electrons. The largest absolute Gasteiger partial charge is 0.496 e. The van der Waals surface area contributed by atoms with Gasteiger partial charge in [-0.25, -0.2) is 4.39 Å². The van der Waals surface area contributed by atoms with Gasteiger partial charge < -0.3 is 14.4 Å². The van der Waals surface area contributed by atoms with Crippen LogP contribution in [-0.4, -0.2) is 37.0 Å². The Morgan fingerprint density at radius 2 is 1.79 bits per heavy atom. The van der Waals surface area contributed by atoms with Gasteiger partial charge in [0.25, 0.3) is 0 Å². The second-order valence-electron chi connectivity index (χ2n) is 6.99. The molecule has 0 radical (unpaired) electrons. The number of halogens is 1. The highest BCUT2D eigenvalue weighted by molar-refractivity contribution is 5.84. The first-order chi connectivity index (χ1) is 13.5. The van der Waals surface area contributed by atoms with E-state index in [4.69, 9.17) is 9.47 Å². The van der Waals surface area contributed by atoms with Crippen molar-refractivity contribution in [3.05, 3.63) is 65.5 Å². The lowest BCUT2D eigenvalue weighted by atomic mass is 9.72. The highest BCUT2D eigenvalue weighted by Gasteiger charge is 2.44. The third-order valence-corrected chi connectivity index (χ3v) is 5.38. The standard InChI is InChI=1S/C22H24FNO4/c1-16(25)24-12-10-22(11-13-24,18-6-4-3-5-7-18)21(26)28-15-17-14-19(23)8-9-20(17)27-2/h3-9,14H,10-13,15H2,1-2H3. The number of methoxy groups -OCH3 is 1. The molecule has 0 aliphatic carbocycles. The molecule has 0 unspecified atom stereocenters. The fourth-order valence-corrected chi connectivity index (χ4v) is 3.71. The molecule has 5 nitrogen and oxygen atoms in total. The average molecular weight is 385 g/mol. The van der Waals surface area contributed by atoms with Crippen LogP contribution in [0, 0.1) is 5.82 Å². The Labute approximate surface area is 164 Å². The first-order valence-corrected chi connectivity index (χ1v) is 9.27. The predicted octanol–water partition coefficient (Wildman–Crippen LogP) is 3.46. The van der Waals surface area contributed by atoms with E-state index in [1.54, 1.807) is 4.90 Å². The third-order valence-electron chi connectivity index (χ3n) is 5.38. The van der Waals surface area contributed by atoms with Crippen LogP contribution in [0.1, 0.15) is 30.9 Å². The molecular formula is C22H24FNO4. The van der Waals surface area contributed by atoms with E-state index in [0.29, 0.717) is 37.2 Å². The molecule has 28 heavy (non-hydrogen) atoms. The summed E-state index contributed by atoms with van der Waals surface area (Å²) in [5, 5.41) is 0. The summed E-state index contributed by atoms with van der Waals surface area (Å²) in [6.07, 6.45) is 0.964. The molecule has 6 heteroatoms. The minimum atomic E-state index is -0.826. The Bertz CT molecular complexity index is 845. The lowest BCUT2D eigenvalue weighted by molar-refractivity contribution is -0.155. The van der Waals surface area contributed by atoms with Crippen molar-refractivity contribution in [2.24, 2.45) is 0 Å². The molecule has 0 bridgehead atoms. The number of rotatable bonds is 5. The number of amides is 1. The van der Waals surface area contributed by atoms with Crippen molar-refractivity contribution in [3.63, 3.8) is 0 Å². The van der Waals surface area contributed by atoms with Crippen molar-refractivity contribution < 1.29 is 23.5 Å². The molecule has 0 spiro atoms. The van der Waals surface area contributed by atoms with E-state index < -0.39 is 11.2 Å². The topological polar surface area (TPSA) is 55.8 Å². The van der Waals surface area contributed by atoms with Gasteiger partial charge in [-0.2, -0.15) is 0 Å². The van der Waals surface area contributed by atoms with Gasteiger partial charge in [-0.1, -0.05) is 30.3 Å². The molecule has 2 aromatic carbocycles. The molecule has 1 heterocycles. The zero-order valence-electron chi connectivity index (χ0n) is 16.1. The summed E-state index contributed by atoms with van der Waals surface area (Å²) in [5.74, 6) is -0.318. The molecule has 0 saturated carbocycles. The second kappa shape index (κ2) is 8.42. The maximum atomic E-state index is 13.6. The van der Waals surface area contributed by atoms with Crippen LogP contribution in [-0.2, 0) is 26.3 Å². The van der Waals surface area contributed by atoms with Crippen LogP contribution < -0.4 is 4.74 Å².